The van der Waals surface area contributed by atoms with Crippen LogP contribution >= 0.6 is 0 Å². The number of fused-ring (bicyclic) bond motifs is 2. The fraction of sp³-hybridized carbons (Fsp3) is 0.238. The van der Waals surface area contributed by atoms with Crippen molar-refractivity contribution in [2.24, 2.45) is 0 Å². The van der Waals surface area contributed by atoms with Gasteiger partial charge in [-0.25, -0.2) is 9.59 Å². The van der Waals surface area contributed by atoms with E-state index in [0.717, 1.165) is 0 Å². The van der Waals surface area contributed by atoms with E-state index < -0.39 is 18.0 Å². The number of para-hydroxylation sites is 3. The molecule has 0 saturated heterocycles. The number of hydrogen-bond donors (Lipinski definition) is 0. The highest BCUT2D eigenvalue weighted by Crippen LogP contribution is 2.32. The molecule has 1 aliphatic heterocycles. The van der Waals surface area contributed by atoms with Gasteiger partial charge >= 0.3 is 11.9 Å². The molecule has 3 aromatic rings. The fourth-order valence-corrected chi connectivity index (χ4v) is 2.98. The smallest absolute Gasteiger partial charge is 0.374 e. The van der Waals surface area contributed by atoms with Crippen LogP contribution in [0.3, 0.4) is 0 Å². The molecule has 7 nitrogen and oxygen atoms in total. The van der Waals surface area contributed by atoms with E-state index in [0.29, 0.717) is 28.0 Å². The molecule has 7 heteroatoms. The maximum atomic E-state index is 12.5. The highest BCUT2D eigenvalue weighted by atomic mass is 16.6. The van der Waals surface area contributed by atoms with Gasteiger partial charge in [-0.15, -0.1) is 0 Å². The van der Waals surface area contributed by atoms with E-state index >= 15 is 0 Å². The van der Waals surface area contributed by atoms with E-state index in [4.69, 9.17) is 23.4 Å². The summed E-state index contributed by atoms with van der Waals surface area (Å²) in [6.07, 6.45) is -0.890. The number of ether oxygens (including phenoxy) is 4. The molecule has 2 aromatic carbocycles. The Labute approximate surface area is 160 Å². The van der Waals surface area contributed by atoms with Crippen molar-refractivity contribution in [2.75, 3.05) is 13.2 Å². The van der Waals surface area contributed by atoms with Gasteiger partial charge in [0, 0.05) is 5.39 Å². The first-order valence-corrected chi connectivity index (χ1v) is 8.90. The van der Waals surface area contributed by atoms with Crippen molar-refractivity contribution in [1.29, 1.82) is 0 Å². The van der Waals surface area contributed by atoms with E-state index in [9.17, 15) is 9.59 Å². The van der Waals surface area contributed by atoms with Gasteiger partial charge in [-0.1, -0.05) is 30.3 Å². The van der Waals surface area contributed by atoms with Crippen LogP contribution in [0.25, 0.3) is 11.0 Å². The topological polar surface area (TPSA) is 84.2 Å². The summed E-state index contributed by atoms with van der Waals surface area (Å²) in [4.78, 5) is 24.7. The first-order valence-electron chi connectivity index (χ1n) is 8.90. The summed E-state index contributed by atoms with van der Waals surface area (Å²) in [5.74, 6) is -0.0961. The molecular formula is C21H18O7. The molecule has 2 heterocycles. The summed E-state index contributed by atoms with van der Waals surface area (Å²) in [5, 5.41) is 0.685. The molecule has 144 valence electrons. The third kappa shape index (κ3) is 3.38. The first-order chi connectivity index (χ1) is 13.7. The van der Waals surface area contributed by atoms with Gasteiger partial charge in [0.1, 0.15) is 18.8 Å². The number of rotatable bonds is 5. The van der Waals surface area contributed by atoms with Crippen molar-refractivity contribution in [3.05, 3.63) is 59.9 Å². The molecule has 0 spiro atoms. The third-order valence-corrected chi connectivity index (χ3v) is 4.29. The normalized spacial score (nSPS) is 15.2. The average Bonchev–Trinajstić information content (AvgIpc) is 3.10. The molecule has 4 rings (SSSR count). The SMILES string of the molecule is CCOC(=O)c1oc2ccccc2c1COC(=O)[C@@H]1COc2ccccc2O1. The number of furan rings is 1. The molecule has 0 saturated carbocycles. The molecule has 0 N–H and O–H groups in total. The average molecular weight is 382 g/mol. The van der Waals surface area contributed by atoms with Gasteiger partial charge in [0.05, 0.1) is 12.2 Å². The van der Waals surface area contributed by atoms with Crippen molar-refractivity contribution in [3.63, 3.8) is 0 Å². The number of carbonyl (C=O) groups is 2. The van der Waals surface area contributed by atoms with Gasteiger partial charge in [-0.2, -0.15) is 0 Å². The molecular weight excluding hydrogens is 364 g/mol. The van der Waals surface area contributed by atoms with Gasteiger partial charge in [0.2, 0.25) is 11.9 Å². The van der Waals surface area contributed by atoms with Crippen LogP contribution < -0.4 is 9.47 Å². The Kier molecular flexibility index (Phi) is 4.89. The number of benzene rings is 2. The Bertz CT molecular complexity index is 1020. The maximum absolute atomic E-state index is 12.5. The van der Waals surface area contributed by atoms with E-state index in [2.05, 4.69) is 0 Å². The lowest BCUT2D eigenvalue weighted by atomic mass is 10.1. The lowest BCUT2D eigenvalue weighted by Gasteiger charge is -2.24. The van der Waals surface area contributed by atoms with Crippen molar-refractivity contribution in [3.8, 4) is 11.5 Å². The van der Waals surface area contributed by atoms with Gasteiger partial charge in [-0.05, 0) is 25.1 Å². The van der Waals surface area contributed by atoms with Crippen molar-refractivity contribution < 1.29 is 33.0 Å². The summed E-state index contributed by atoms with van der Waals surface area (Å²) >= 11 is 0. The highest BCUT2D eigenvalue weighted by Gasteiger charge is 2.30. The molecule has 28 heavy (non-hydrogen) atoms. The van der Waals surface area contributed by atoms with Crippen molar-refractivity contribution in [1.82, 2.24) is 0 Å². The summed E-state index contributed by atoms with van der Waals surface area (Å²) in [6, 6.07) is 14.2. The highest BCUT2D eigenvalue weighted by molar-refractivity contribution is 5.96. The second-order valence-electron chi connectivity index (χ2n) is 6.10. The van der Waals surface area contributed by atoms with Crippen LogP contribution in [0.4, 0.5) is 0 Å². The molecule has 0 aliphatic carbocycles. The maximum Gasteiger partial charge on any atom is 0.374 e. The molecule has 0 unspecified atom stereocenters. The zero-order valence-corrected chi connectivity index (χ0v) is 15.2. The molecule has 0 amide bonds. The van der Waals surface area contributed by atoms with Crippen molar-refractivity contribution in [2.45, 2.75) is 19.6 Å². The Morgan fingerprint density at radius 2 is 1.79 bits per heavy atom. The van der Waals surface area contributed by atoms with Crippen LogP contribution in [0.5, 0.6) is 11.5 Å². The van der Waals surface area contributed by atoms with Crippen LogP contribution in [-0.4, -0.2) is 31.3 Å². The van der Waals surface area contributed by atoms with Crippen LogP contribution in [0.15, 0.2) is 52.9 Å². The molecule has 0 fully saturated rings. The predicted octanol–water partition coefficient (Wildman–Crippen LogP) is 3.49. The van der Waals surface area contributed by atoms with Gasteiger partial charge in [-0.3, -0.25) is 0 Å². The minimum atomic E-state index is -0.890. The molecule has 1 aromatic heterocycles. The minimum absolute atomic E-state index is 0.0296. The Balaban J connectivity index is 1.52. The van der Waals surface area contributed by atoms with Crippen molar-refractivity contribution >= 4 is 22.9 Å². The Morgan fingerprint density at radius 3 is 2.61 bits per heavy atom. The van der Waals surface area contributed by atoms with Gasteiger partial charge in [0.25, 0.3) is 0 Å². The van der Waals surface area contributed by atoms with E-state index in [1.54, 1.807) is 43.3 Å². The molecule has 0 radical (unpaired) electrons. The predicted molar refractivity (Wildman–Crippen MR) is 98.3 cm³/mol. The van der Waals surface area contributed by atoms with Gasteiger partial charge < -0.3 is 23.4 Å². The summed E-state index contributed by atoms with van der Waals surface area (Å²) in [7, 11) is 0. The molecule has 1 aliphatic rings. The fourth-order valence-electron chi connectivity index (χ4n) is 2.98. The van der Waals surface area contributed by atoms with Crippen LogP contribution in [-0.2, 0) is 20.9 Å². The lowest BCUT2D eigenvalue weighted by Crippen LogP contribution is -2.37. The van der Waals surface area contributed by atoms with E-state index in [1.807, 2.05) is 12.1 Å². The lowest BCUT2D eigenvalue weighted by molar-refractivity contribution is -0.155. The van der Waals surface area contributed by atoms with E-state index in [1.165, 1.54) is 0 Å². The second-order valence-corrected chi connectivity index (χ2v) is 6.10. The largest absolute Gasteiger partial charge is 0.485 e. The van der Waals surface area contributed by atoms with Crippen LogP contribution in [0.1, 0.15) is 23.0 Å². The van der Waals surface area contributed by atoms with Crippen LogP contribution in [0, 0.1) is 0 Å². The standard InChI is InChI=1S/C21H18O7/c1-2-24-21(23)19-14(13-7-3-4-8-15(13)28-19)11-26-20(22)18-12-25-16-9-5-6-10-17(16)27-18/h3-10,18H,2,11-12H2,1H3/t18-/m0/s1. The summed E-state index contributed by atoms with van der Waals surface area (Å²) < 4.78 is 27.3. The van der Waals surface area contributed by atoms with Gasteiger partial charge in [0.15, 0.2) is 11.5 Å². The minimum Gasteiger partial charge on any atom is -0.485 e. The summed E-state index contributed by atoms with van der Waals surface area (Å²) in [5.41, 5.74) is 0.974. The number of carbonyl (C=O) groups excluding carboxylic acids is 2. The number of hydrogen-bond acceptors (Lipinski definition) is 7. The van der Waals surface area contributed by atoms with E-state index in [-0.39, 0.29) is 25.6 Å². The molecule has 1 atom stereocenters. The van der Waals surface area contributed by atoms with Crippen LogP contribution in [0.2, 0.25) is 0 Å². The Hall–Kier alpha value is -3.48. The number of esters is 2. The molecule has 0 bridgehead atoms. The first kappa shape index (κ1) is 17.9. The Morgan fingerprint density at radius 1 is 1.04 bits per heavy atom. The third-order valence-electron chi connectivity index (χ3n) is 4.29. The zero-order chi connectivity index (χ0) is 19.5. The zero-order valence-electron chi connectivity index (χ0n) is 15.2. The quantitative estimate of drug-likeness (QED) is 0.625. The summed E-state index contributed by atoms with van der Waals surface area (Å²) in [6.45, 7) is 1.82. The second kappa shape index (κ2) is 7.64. The monoisotopic (exact) mass is 382 g/mol.